The summed E-state index contributed by atoms with van der Waals surface area (Å²) < 4.78 is 0. The van der Waals surface area contributed by atoms with Crippen LogP contribution in [0.4, 0.5) is 11.4 Å². The molecule has 2 amide bonds. The van der Waals surface area contributed by atoms with E-state index < -0.39 is 0 Å². The summed E-state index contributed by atoms with van der Waals surface area (Å²) in [5, 5.41) is 3.00. The number of benzene rings is 1. The van der Waals surface area contributed by atoms with Gasteiger partial charge in [0, 0.05) is 43.5 Å². The quantitative estimate of drug-likeness (QED) is 0.860. The molecule has 0 atom stereocenters. The molecule has 1 aliphatic heterocycles. The fourth-order valence-corrected chi connectivity index (χ4v) is 3.61. The number of carbonyl (C=O) groups is 2. The van der Waals surface area contributed by atoms with Crippen molar-refractivity contribution in [3.63, 3.8) is 0 Å². The lowest BCUT2D eigenvalue weighted by molar-refractivity contribution is -0.122. The zero-order valence-corrected chi connectivity index (χ0v) is 15.4. The minimum absolute atomic E-state index is 0.0478. The Morgan fingerprint density at radius 2 is 1.80 bits per heavy atom. The van der Waals surface area contributed by atoms with Crippen molar-refractivity contribution in [2.45, 2.75) is 46.0 Å². The van der Waals surface area contributed by atoms with Gasteiger partial charge in [0.1, 0.15) is 0 Å². The van der Waals surface area contributed by atoms with Crippen molar-refractivity contribution in [2.75, 3.05) is 36.4 Å². The number of anilines is 2. The van der Waals surface area contributed by atoms with Crippen LogP contribution in [0.1, 0.15) is 56.3 Å². The summed E-state index contributed by atoms with van der Waals surface area (Å²) in [7, 11) is 0. The van der Waals surface area contributed by atoms with Crippen LogP contribution in [0.25, 0.3) is 0 Å². The first-order valence-corrected chi connectivity index (χ1v) is 9.63. The summed E-state index contributed by atoms with van der Waals surface area (Å²) in [4.78, 5) is 29.4. The van der Waals surface area contributed by atoms with Gasteiger partial charge in [0.05, 0.1) is 5.56 Å². The van der Waals surface area contributed by atoms with Crippen LogP contribution in [0.15, 0.2) is 18.2 Å². The topological polar surface area (TPSA) is 52.7 Å². The second-order valence-corrected chi connectivity index (χ2v) is 7.02. The lowest BCUT2D eigenvalue weighted by atomic mass is 9.85. The molecule has 1 heterocycles. The van der Waals surface area contributed by atoms with Gasteiger partial charge >= 0.3 is 0 Å². The third kappa shape index (κ3) is 3.80. The molecule has 0 spiro atoms. The van der Waals surface area contributed by atoms with E-state index in [1.807, 2.05) is 36.9 Å². The van der Waals surface area contributed by atoms with Gasteiger partial charge in [0.15, 0.2) is 0 Å². The summed E-state index contributed by atoms with van der Waals surface area (Å²) in [5.41, 5.74) is 2.43. The molecule has 136 valence electrons. The minimum atomic E-state index is 0.0478. The number of amides is 2. The molecule has 0 bridgehead atoms. The zero-order chi connectivity index (χ0) is 17.8. The van der Waals surface area contributed by atoms with Crippen molar-refractivity contribution >= 4 is 23.2 Å². The van der Waals surface area contributed by atoms with E-state index in [9.17, 15) is 9.59 Å². The maximum absolute atomic E-state index is 13.0. The predicted molar refractivity (Wildman–Crippen MR) is 101 cm³/mol. The monoisotopic (exact) mass is 343 g/mol. The van der Waals surface area contributed by atoms with Crippen LogP contribution in [-0.2, 0) is 4.79 Å². The molecule has 1 aliphatic carbocycles. The van der Waals surface area contributed by atoms with Crippen LogP contribution in [-0.4, -0.2) is 42.9 Å². The third-order valence-electron chi connectivity index (χ3n) is 5.47. The number of hydrogen-bond donors (Lipinski definition) is 1. The van der Waals surface area contributed by atoms with Crippen molar-refractivity contribution in [1.29, 1.82) is 0 Å². The summed E-state index contributed by atoms with van der Waals surface area (Å²) in [6.07, 6.45) is 5.42. The number of nitrogens with zero attached hydrogens (tertiary/aromatic N) is 2. The maximum atomic E-state index is 13.0. The van der Waals surface area contributed by atoms with Crippen molar-refractivity contribution in [2.24, 2.45) is 5.92 Å². The van der Waals surface area contributed by atoms with Crippen LogP contribution < -0.4 is 10.2 Å². The van der Waals surface area contributed by atoms with Gasteiger partial charge in [0.2, 0.25) is 5.91 Å². The summed E-state index contributed by atoms with van der Waals surface area (Å²) in [6, 6.07) is 5.80. The Bertz CT molecular complexity index is 630. The zero-order valence-electron chi connectivity index (χ0n) is 15.4. The summed E-state index contributed by atoms with van der Waals surface area (Å²) >= 11 is 0. The lowest BCUT2D eigenvalue weighted by Gasteiger charge is -2.27. The van der Waals surface area contributed by atoms with Crippen LogP contribution in [0.2, 0.25) is 0 Å². The van der Waals surface area contributed by atoms with Gasteiger partial charge in [-0.2, -0.15) is 0 Å². The number of nitrogens with one attached hydrogen (secondary N) is 1. The van der Waals surface area contributed by atoms with E-state index in [1.54, 1.807) is 0 Å². The molecule has 1 N–H and O–H groups in total. The highest BCUT2D eigenvalue weighted by molar-refractivity contribution is 6.02. The highest BCUT2D eigenvalue weighted by Gasteiger charge is 2.26. The Balaban J connectivity index is 1.87. The molecule has 1 saturated carbocycles. The molecule has 0 aromatic heterocycles. The molecule has 0 unspecified atom stereocenters. The Hall–Kier alpha value is -2.04. The van der Waals surface area contributed by atoms with Crippen LogP contribution in [0.3, 0.4) is 0 Å². The van der Waals surface area contributed by atoms with Crippen molar-refractivity contribution in [1.82, 2.24) is 4.90 Å². The van der Waals surface area contributed by atoms with Crippen LogP contribution >= 0.6 is 0 Å². The molecule has 1 aromatic carbocycles. The molecule has 25 heavy (non-hydrogen) atoms. The average molecular weight is 343 g/mol. The van der Waals surface area contributed by atoms with Crippen molar-refractivity contribution in [3.05, 3.63) is 23.8 Å². The minimum Gasteiger partial charge on any atom is -0.371 e. The number of rotatable bonds is 6. The third-order valence-corrected chi connectivity index (χ3v) is 5.47. The molecule has 5 heteroatoms. The molecule has 1 aromatic rings. The normalized spacial score (nSPS) is 17.3. The molecular weight excluding hydrogens is 314 g/mol. The van der Waals surface area contributed by atoms with E-state index in [2.05, 4.69) is 10.2 Å². The number of hydrogen-bond acceptors (Lipinski definition) is 3. The van der Waals surface area contributed by atoms with Crippen LogP contribution in [0.5, 0.6) is 0 Å². The average Bonchev–Trinajstić information content (AvgIpc) is 3.08. The Morgan fingerprint density at radius 1 is 1.12 bits per heavy atom. The van der Waals surface area contributed by atoms with Crippen molar-refractivity contribution < 1.29 is 9.59 Å². The molecule has 3 rings (SSSR count). The molecule has 5 nitrogen and oxygen atoms in total. The first kappa shape index (κ1) is 17.8. The smallest absolute Gasteiger partial charge is 0.256 e. The molecule has 1 saturated heterocycles. The van der Waals surface area contributed by atoms with Gasteiger partial charge in [0.25, 0.3) is 5.91 Å². The van der Waals surface area contributed by atoms with Gasteiger partial charge in [-0.1, -0.05) is 6.42 Å². The van der Waals surface area contributed by atoms with Gasteiger partial charge in [-0.15, -0.1) is 0 Å². The first-order valence-electron chi connectivity index (χ1n) is 9.63. The Kier molecular flexibility index (Phi) is 5.61. The van der Waals surface area contributed by atoms with E-state index in [0.717, 1.165) is 43.7 Å². The molecule has 0 radical (unpaired) electrons. The highest BCUT2D eigenvalue weighted by atomic mass is 16.2. The van der Waals surface area contributed by atoms with E-state index in [-0.39, 0.29) is 17.7 Å². The van der Waals surface area contributed by atoms with Gasteiger partial charge in [-0.05, 0) is 57.7 Å². The maximum Gasteiger partial charge on any atom is 0.256 e. The van der Waals surface area contributed by atoms with E-state index in [4.69, 9.17) is 0 Å². The summed E-state index contributed by atoms with van der Waals surface area (Å²) in [5.74, 6) is 0.272. The Morgan fingerprint density at radius 3 is 2.36 bits per heavy atom. The Labute approximate surface area is 150 Å². The second kappa shape index (κ2) is 7.89. The SMILES string of the molecule is CCN(CC)C(=O)c1cc(NC(=O)C2CCC2)ccc1N1CCCC1. The standard InChI is InChI=1S/C20H29N3O2/c1-3-22(4-2)20(25)17-14-16(21-19(24)15-8-7-9-15)10-11-18(17)23-12-5-6-13-23/h10-11,14-15H,3-9,12-13H2,1-2H3,(H,21,24). The highest BCUT2D eigenvalue weighted by Crippen LogP contribution is 2.31. The summed E-state index contributed by atoms with van der Waals surface area (Å²) in [6.45, 7) is 7.36. The largest absolute Gasteiger partial charge is 0.371 e. The van der Waals surface area contributed by atoms with E-state index in [0.29, 0.717) is 18.7 Å². The van der Waals surface area contributed by atoms with E-state index in [1.165, 1.54) is 12.8 Å². The van der Waals surface area contributed by atoms with Crippen molar-refractivity contribution in [3.8, 4) is 0 Å². The number of carbonyl (C=O) groups excluding carboxylic acids is 2. The molecule has 2 aliphatic rings. The molecular formula is C20H29N3O2. The molecule has 2 fully saturated rings. The fraction of sp³-hybridized carbons (Fsp3) is 0.600. The predicted octanol–water partition coefficient (Wildman–Crippen LogP) is 3.51. The van der Waals surface area contributed by atoms with Gasteiger partial charge in [-0.25, -0.2) is 0 Å². The first-order chi connectivity index (χ1) is 12.1. The lowest BCUT2D eigenvalue weighted by Crippen LogP contribution is -2.33. The second-order valence-electron chi connectivity index (χ2n) is 7.02. The van der Waals surface area contributed by atoms with Gasteiger partial charge in [-0.3, -0.25) is 9.59 Å². The fourth-order valence-electron chi connectivity index (χ4n) is 3.61. The van der Waals surface area contributed by atoms with Crippen LogP contribution in [0, 0.1) is 5.92 Å². The van der Waals surface area contributed by atoms with E-state index >= 15 is 0 Å². The van der Waals surface area contributed by atoms with Gasteiger partial charge < -0.3 is 15.1 Å².